The molecule has 4 nitrogen and oxygen atoms in total. The van der Waals surface area contributed by atoms with E-state index in [0.717, 1.165) is 17.2 Å². The van der Waals surface area contributed by atoms with E-state index in [1.54, 1.807) is 31.0 Å². The lowest BCUT2D eigenvalue weighted by Gasteiger charge is -2.07. The van der Waals surface area contributed by atoms with Crippen LogP contribution in [0.2, 0.25) is 0 Å². The monoisotopic (exact) mass is 333 g/mol. The number of nitrogens with one attached hydrogen (secondary N) is 1. The van der Waals surface area contributed by atoms with Crippen molar-refractivity contribution in [2.45, 2.75) is 5.75 Å². The number of thioether (sulfide) groups is 1. The number of aliphatic imine (C=N–C) groups is 1. The molecular weight excluding hydrogens is 313 g/mol. The summed E-state index contributed by atoms with van der Waals surface area (Å²) in [6, 6.07) is 14.2. The van der Waals surface area contributed by atoms with Gasteiger partial charge < -0.3 is 15.8 Å². The molecule has 23 heavy (non-hydrogen) atoms. The fourth-order valence-corrected chi connectivity index (χ4v) is 2.71. The van der Waals surface area contributed by atoms with Gasteiger partial charge in [-0.3, -0.25) is 4.99 Å². The lowest BCUT2D eigenvalue weighted by molar-refractivity contribution is 0.415. The van der Waals surface area contributed by atoms with Crippen LogP contribution in [0.4, 0.5) is 10.1 Å². The molecule has 0 fully saturated rings. The maximum atomic E-state index is 13.4. The Kier molecular flexibility index (Phi) is 6.75. The molecule has 0 unspecified atom stereocenters. The summed E-state index contributed by atoms with van der Waals surface area (Å²) in [7, 11) is 1.62. The first-order chi connectivity index (χ1) is 11.2. The Morgan fingerprint density at radius 2 is 1.96 bits per heavy atom. The standard InChI is InChI=1S/C17H20FN3OS/c1-22-15-8-6-14(7-9-15)21-17(19)20-10-11-23-12-13-4-2-3-5-16(13)18/h2-9H,10-12H2,1H3,(H3,19,20,21). The molecule has 0 spiro atoms. The Morgan fingerprint density at radius 1 is 1.22 bits per heavy atom. The minimum Gasteiger partial charge on any atom is -0.497 e. The molecule has 2 rings (SSSR count). The number of halogens is 1. The number of anilines is 1. The number of hydrogen-bond donors (Lipinski definition) is 2. The smallest absolute Gasteiger partial charge is 0.193 e. The average molecular weight is 333 g/mol. The number of nitrogens with zero attached hydrogens (tertiary/aromatic N) is 1. The number of guanidine groups is 1. The fraction of sp³-hybridized carbons (Fsp3) is 0.235. The largest absolute Gasteiger partial charge is 0.497 e. The second kappa shape index (κ2) is 9.05. The van der Waals surface area contributed by atoms with Gasteiger partial charge in [0.25, 0.3) is 0 Å². The molecule has 0 heterocycles. The highest BCUT2D eigenvalue weighted by Crippen LogP contribution is 2.16. The predicted molar refractivity (Wildman–Crippen MR) is 95.7 cm³/mol. The summed E-state index contributed by atoms with van der Waals surface area (Å²) in [4.78, 5) is 4.25. The Bertz CT molecular complexity index is 647. The van der Waals surface area contributed by atoms with Crippen LogP contribution in [0, 0.1) is 5.82 Å². The van der Waals surface area contributed by atoms with Crippen molar-refractivity contribution in [1.29, 1.82) is 0 Å². The topological polar surface area (TPSA) is 59.6 Å². The molecule has 0 bridgehead atoms. The van der Waals surface area contributed by atoms with Crippen molar-refractivity contribution in [3.63, 3.8) is 0 Å². The number of hydrogen-bond acceptors (Lipinski definition) is 3. The Hall–Kier alpha value is -2.21. The van der Waals surface area contributed by atoms with Crippen molar-refractivity contribution >= 4 is 23.4 Å². The van der Waals surface area contributed by atoms with Gasteiger partial charge in [0.1, 0.15) is 11.6 Å². The third-order valence-electron chi connectivity index (χ3n) is 3.10. The normalized spacial score (nSPS) is 11.3. The Labute approximate surface area is 140 Å². The molecule has 3 N–H and O–H groups in total. The summed E-state index contributed by atoms with van der Waals surface area (Å²) in [6.45, 7) is 0.577. The van der Waals surface area contributed by atoms with Gasteiger partial charge in [0.15, 0.2) is 5.96 Å². The third kappa shape index (κ3) is 5.83. The van der Waals surface area contributed by atoms with Crippen LogP contribution in [0.5, 0.6) is 5.75 Å². The van der Waals surface area contributed by atoms with Crippen molar-refractivity contribution in [1.82, 2.24) is 0 Å². The molecule has 0 saturated carbocycles. The van der Waals surface area contributed by atoms with E-state index in [-0.39, 0.29) is 5.82 Å². The van der Waals surface area contributed by atoms with Gasteiger partial charge in [-0.15, -0.1) is 0 Å². The Balaban J connectivity index is 1.71. The summed E-state index contributed by atoms with van der Waals surface area (Å²) in [5.74, 6) is 2.40. The maximum Gasteiger partial charge on any atom is 0.193 e. The second-order valence-electron chi connectivity index (χ2n) is 4.76. The van der Waals surface area contributed by atoms with Gasteiger partial charge in [0, 0.05) is 17.2 Å². The molecule has 0 amide bonds. The maximum absolute atomic E-state index is 13.4. The summed E-state index contributed by atoms with van der Waals surface area (Å²) in [6.07, 6.45) is 0. The predicted octanol–water partition coefficient (Wildman–Crippen LogP) is 3.49. The van der Waals surface area contributed by atoms with Gasteiger partial charge >= 0.3 is 0 Å². The molecule has 0 atom stereocenters. The first-order valence-electron chi connectivity index (χ1n) is 7.21. The van der Waals surface area contributed by atoms with E-state index in [9.17, 15) is 4.39 Å². The average Bonchev–Trinajstić information content (AvgIpc) is 2.57. The number of nitrogens with two attached hydrogens (primary N) is 1. The molecule has 0 aliphatic heterocycles. The molecule has 6 heteroatoms. The van der Waals surface area contributed by atoms with Crippen LogP contribution in [0.3, 0.4) is 0 Å². The van der Waals surface area contributed by atoms with Gasteiger partial charge in [0.2, 0.25) is 0 Å². The fourth-order valence-electron chi connectivity index (χ4n) is 1.89. The molecule has 2 aromatic carbocycles. The molecule has 0 radical (unpaired) electrons. The van der Waals surface area contributed by atoms with E-state index >= 15 is 0 Å². The lowest BCUT2D eigenvalue weighted by Crippen LogP contribution is -2.23. The highest BCUT2D eigenvalue weighted by atomic mass is 32.2. The van der Waals surface area contributed by atoms with Crippen LogP contribution in [-0.4, -0.2) is 25.4 Å². The van der Waals surface area contributed by atoms with Crippen molar-refractivity contribution in [2.75, 3.05) is 24.7 Å². The second-order valence-corrected chi connectivity index (χ2v) is 5.87. The minimum atomic E-state index is -0.163. The van der Waals surface area contributed by atoms with Gasteiger partial charge in [-0.2, -0.15) is 11.8 Å². The first kappa shape index (κ1) is 17.1. The molecule has 2 aromatic rings. The van der Waals surface area contributed by atoms with Crippen molar-refractivity contribution < 1.29 is 9.13 Å². The molecule has 0 saturated heterocycles. The van der Waals surface area contributed by atoms with E-state index in [1.807, 2.05) is 30.3 Å². The van der Waals surface area contributed by atoms with Crippen LogP contribution in [0.15, 0.2) is 53.5 Å². The third-order valence-corrected chi connectivity index (χ3v) is 4.08. The number of ether oxygens (including phenoxy) is 1. The molecule has 0 aliphatic rings. The van der Waals surface area contributed by atoms with Crippen LogP contribution < -0.4 is 15.8 Å². The van der Waals surface area contributed by atoms with Gasteiger partial charge in [-0.05, 0) is 35.9 Å². The van der Waals surface area contributed by atoms with E-state index in [4.69, 9.17) is 10.5 Å². The van der Waals surface area contributed by atoms with E-state index in [2.05, 4.69) is 10.3 Å². The zero-order chi connectivity index (χ0) is 16.5. The molecule has 0 aromatic heterocycles. The summed E-state index contributed by atoms with van der Waals surface area (Å²) in [5, 5.41) is 3.01. The number of rotatable bonds is 7. The van der Waals surface area contributed by atoms with E-state index in [0.29, 0.717) is 23.8 Å². The van der Waals surface area contributed by atoms with Gasteiger partial charge in [-0.25, -0.2) is 4.39 Å². The van der Waals surface area contributed by atoms with Crippen LogP contribution in [-0.2, 0) is 5.75 Å². The summed E-state index contributed by atoms with van der Waals surface area (Å²) in [5.41, 5.74) is 7.40. The lowest BCUT2D eigenvalue weighted by atomic mass is 10.2. The summed E-state index contributed by atoms with van der Waals surface area (Å²) < 4.78 is 18.5. The van der Waals surface area contributed by atoms with E-state index < -0.39 is 0 Å². The number of methoxy groups -OCH3 is 1. The zero-order valence-electron chi connectivity index (χ0n) is 13.0. The SMILES string of the molecule is COc1ccc(NC(N)=NCCSCc2ccccc2F)cc1. The van der Waals surface area contributed by atoms with E-state index in [1.165, 1.54) is 6.07 Å². The van der Waals surface area contributed by atoms with Crippen LogP contribution in [0.1, 0.15) is 5.56 Å². The minimum absolute atomic E-state index is 0.163. The zero-order valence-corrected chi connectivity index (χ0v) is 13.8. The highest BCUT2D eigenvalue weighted by molar-refractivity contribution is 7.98. The van der Waals surface area contributed by atoms with Gasteiger partial charge in [0.05, 0.1) is 13.7 Å². The molecule has 122 valence electrons. The molecule has 0 aliphatic carbocycles. The highest BCUT2D eigenvalue weighted by Gasteiger charge is 2.00. The first-order valence-corrected chi connectivity index (χ1v) is 8.36. The van der Waals surface area contributed by atoms with Crippen LogP contribution in [0.25, 0.3) is 0 Å². The summed E-state index contributed by atoms with van der Waals surface area (Å²) >= 11 is 1.63. The van der Waals surface area contributed by atoms with Crippen molar-refractivity contribution in [3.05, 3.63) is 59.9 Å². The Morgan fingerprint density at radius 3 is 2.65 bits per heavy atom. The van der Waals surface area contributed by atoms with Crippen LogP contribution >= 0.6 is 11.8 Å². The van der Waals surface area contributed by atoms with Crippen molar-refractivity contribution in [3.8, 4) is 5.75 Å². The quantitative estimate of drug-likeness (QED) is 0.462. The van der Waals surface area contributed by atoms with Gasteiger partial charge in [-0.1, -0.05) is 18.2 Å². The van der Waals surface area contributed by atoms with Crippen molar-refractivity contribution in [2.24, 2.45) is 10.7 Å². The number of benzene rings is 2. The molecular formula is C17H20FN3OS.